The molecule has 0 amide bonds. The minimum Gasteiger partial charge on any atom is -0.481 e. The number of carboxylic acid groups (broad SMARTS) is 1. The first-order valence-electron chi connectivity index (χ1n) is 6.26. The third kappa shape index (κ3) is 12.9. The van der Waals surface area contributed by atoms with E-state index < -0.39 is 5.97 Å². The van der Waals surface area contributed by atoms with E-state index in [-0.39, 0.29) is 17.8 Å². The lowest BCUT2D eigenvalue weighted by atomic mass is 10.1. The van der Waals surface area contributed by atoms with Gasteiger partial charge in [-0.2, -0.15) is 0 Å². The summed E-state index contributed by atoms with van der Waals surface area (Å²) in [6.07, 6.45) is 2.92. The largest absolute Gasteiger partial charge is 0.481 e. The van der Waals surface area contributed by atoms with E-state index in [0.717, 1.165) is 19.3 Å². The van der Waals surface area contributed by atoms with Crippen molar-refractivity contribution >= 4 is 11.9 Å². The summed E-state index contributed by atoms with van der Waals surface area (Å²) in [6, 6.07) is 0. The third-order valence-corrected chi connectivity index (χ3v) is 2.25. The van der Waals surface area contributed by atoms with Crippen molar-refractivity contribution < 1.29 is 19.4 Å². The first-order valence-corrected chi connectivity index (χ1v) is 6.26. The maximum atomic E-state index is 11.0. The van der Waals surface area contributed by atoms with Gasteiger partial charge in [0.15, 0.2) is 0 Å². The van der Waals surface area contributed by atoms with Gasteiger partial charge in [0.25, 0.3) is 0 Å². The van der Waals surface area contributed by atoms with Crippen LogP contribution in [-0.4, -0.2) is 23.7 Å². The smallest absolute Gasteiger partial charge is 0.308 e. The summed E-state index contributed by atoms with van der Waals surface area (Å²) in [6.45, 7) is 9.83. The molecule has 0 spiro atoms. The SMILES string of the molecule is CC(C)C(=O)O.CCCCOC(=O)C(C)CC. The van der Waals surface area contributed by atoms with Crippen molar-refractivity contribution in [2.75, 3.05) is 6.61 Å². The zero-order valence-corrected chi connectivity index (χ0v) is 11.7. The summed E-state index contributed by atoms with van der Waals surface area (Å²) < 4.78 is 5.00. The topological polar surface area (TPSA) is 63.6 Å². The van der Waals surface area contributed by atoms with Crippen molar-refractivity contribution in [2.45, 2.75) is 53.9 Å². The quantitative estimate of drug-likeness (QED) is 0.577. The Hall–Kier alpha value is -1.06. The van der Waals surface area contributed by atoms with Gasteiger partial charge < -0.3 is 9.84 Å². The van der Waals surface area contributed by atoms with Gasteiger partial charge in [0.2, 0.25) is 0 Å². The number of carbonyl (C=O) groups is 2. The van der Waals surface area contributed by atoms with Crippen LogP contribution in [0.25, 0.3) is 0 Å². The van der Waals surface area contributed by atoms with Gasteiger partial charge in [0.1, 0.15) is 0 Å². The fraction of sp³-hybridized carbons (Fsp3) is 0.846. The minimum atomic E-state index is -0.741. The Morgan fingerprint density at radius 2 is 1.65 bits per heavy atom. The highest BCUT2D eigenvalue weighted by Gasteiger charge is 2.10. The second kappa shape index (κ2) is 11.4. The number of rotatable bonds is 6. The molecular formula is C13H26O4. The Labute approximate surface area is 104 Å². The highest BCUT2D eigenvalue weighted by molar-refractivity contribution is 5.71. The van der Waals surface area contributed by atoms with Gasteiger partial charge in [-0.3, -0.25) is 9.59 Å². The fourth-order valence-corrected chi connectivity index (χ4v) is 0.626. The average molecular weight is 246 g/mol. The van der Waals surface area contributed by atoms with E-state index in [1.165, 1.54) is 0 Å². The average Bonchev–Trinajstić information content (AvgIpc) is 2.28. The predicted octanol–water partition coefficient (Wildman–Crippen LogP) is 3.10. The molecule has 0 saturated carbocycles. The summed E-state index contributed by atoms with van der Waals surface area (Å²) in [5.74, 6) is -0.965. The molecule has 0 aliphatic heterocycles. The van der Waals surface area contributed by atoms with Crippen LogP contribution in [0.3, 0.4) is 0 Å². The van der Waals surface area contributed by atoms with Gasteiger partial charge in [-0.1, -0.05) is 41.0 Å². The maximum absolute atomic E-state index is 11.0. The van der Waals surface area contributed by atoms with Gasteiger partial charge in [0, 0.05) is 0 Å². The van der Waals surface area contributed by atoms with E-state index in [1.54, 1.807) is 13.8 Å². The molecule has 0 aliphatic carbocycles. The molecule has 0 radical (unpaired) electrons. The molecule has 0 fully saturated rings. The lowest BCUT2D eigenvalue weighted by molar-refractivity contribution is -0.148. The van der Waals surface area contributed by atoms with E-state index in [2.05, 4.69) is 6.92 Å². The van der Waals surface area contributed by atoms with Crippen LogP contribution in [0.5, 0.6) is 0 Å². The maximum Gasteiger partial charge on any atom is 0.308 e. The van der Waals surface area contributed by atoms with Crippen LogP contribution in [0.15, 0.2) is 0 Å². The summed E-state index contributed by atoms with van der Waals surface area (Å²) in [5, 5.41) is 7.99. The van der Waals surface area contributed by atoms with Gasteiger partial charge in [-0.05, 0) is 12.8 Å². The Balaban J connectivity index is 0. The van der Waals surface area contributed by atoms with Crippen LogP contribution in [0.1, 0.15) is 53.9 Å². The van der Waals surface area contributed by atoms with Crippen LogP contribution in [0.4, 0.5) is 0 Å². The number of esters is 1. The number of carboxylic acids is 1. The highest BCUT2D eigenvalue weighted by atomic mass is 16.5. The molecule has 0 saturated heterocycles. The lowest BCUT2D eigenvalue weighted by Crippen LogP contribution is -2.14. The van der Waals surface area contributed by atoms with E-state index in [9.17, 15) is 9.59 Å². The number of hydrogen-bond donors (Lipinski definition) is 1. The zero-order chi connectivity index (χ0) is 13.8. The van der Waals surface area contributed by atoms with Gasteiger partial charge in [0.05, 0.1) is 18.4 Å². The summed E-state index contributed by atoms with van der Waals surface area (Å²) in [4.78, 5) is 20.7. The Morgan fingerprint density at radius 3 is 1.94 bits per heavy atom. The monoisotopic (exact) mass is 246 g/mol. The lowest BCUT2D eigenvalue weighted by Gasteiger charge is -2.07. The standard InChI is InChI=1S/C9H18O2.C4H8O2/c1-4-6-7-11-9(10)8(3)5-2;1-3(2)4(5)6/h8H,4-7H2,1-3H3;3H,1-2H3,(H,5,6). The second-order valence-electron chi connectivity index (χ2n) is 4.32. The molecular weight excluding hydrogens is 220 g/mol. The molecule has 0 aromatic heterocycles. The normalized spacial score (nSPS) is 11.4. The van der Waals surface area contributed by atoms with E-state index in [0.29, 0.717) is 6.61 Å². The van der Waals surface area contributed by atoms with Crippen LogP contribution < -0.4 is 0 Å². The molecule has 1 N–H and O–H groups in total. The molecule has 0 heterocycles. The second-order valence-corrected chi connectivity index (χ2v) is 4.32. The van der Waals surface area contributed by atoms with Crippen LogP contribution >= 0.6 is 0 Å². The van der Waals surface area contributed by atoms with Crippen LogP contribution in [0, 0.1) is 11.8 Å². The predicted molar refractivity (Wildman–Crippen MR) is 67.8 cm³/mol. The molecule has 0 aromatic carbocycles. The van der Waals surface area contributed by atoms with Crippen molar-refractivity contribution in [1.82, 2.24) is 0 Å². The van der Waals surface area contributed by atoms with Crippen LogP contribution in [0.2, 0.25) is 0 Å². The zero-order valence-electron chi connectivity index (χ0n) is 11.7. The van der Waals surface area contributed by atoms with Crippen molar-refractivity contribution in [3.8, 4) is 0 Å². The van der Waals surface area contributed by atoms with E-state index in [4.69, 9.17) is 9.84 Å². The summed E-state index contributed by atoms with van der Waals surface area (Å²) in [7, 11) is 0. The molecule has 17 heavy (non-hydrogen) atoms. The fourth-order valence-electron chi connectivity index (χ4n) is 0.626. The van der Waals surface area contributed by atoms with Crippen molar-refractivity contribution in [3.05, 3.63) is 0 Å². The number of ether oxygens (including phenoxy) is 1. The van der Waals surface area contributed by atoms with Crippen molar-refractivity contribution in [3.63, 3.8) is 0 Å². The summed E-state index contributed by atoms with van der Waals surface area (Å²) in [5.41, 5.74) is 0. The van der Waals surface area contributed by atoms with Crippen LogP contribution in [-0.2, 0) is 14.3 Å². The Bertz CT molecular complexity index is 211. The first kappa shape index (κ1) is 18.3. The Morgan fingerprint density at radius 1 is 1.18 bits per heavy atom. The molecule has 4 nitrogen and oxygen atoms in total. The summed E-state index contributed by atoms with van der Waals surface area (Å²) >= 11 is 0. The van der Waals surface area contributed by atoms with Crippen molar-refractivity contribution in [1.29, 1.82) is 0 Å². The van der Waals surface area contributed by atoms with Crippen molar-refractivity contribution in [2.24, 2.45) is 11.8 Å². The molecule has 4 heteroatoms. The minimum absolute atomic E-state index is 0.0547. The number of aliphatic carboxylic acids is 1. The molecule has 0 rings (SSSR count). The number of hydrogen-bond acceptors (Lipinski definition) is 3. The third-order valence-electron chi connectivity index (χ3n) is 2.25. The molecule has 1 unspecified atom stereocenters. The van der Waals surface area contributed by atoms with E-state index in [1.807, 2.05) is 13.8 Å². The molecule has 102 valence electrons. The molecule has 0 bridgehead atoms. The highest BCUT2D eigenvalue weighted by Crippen LogP contribution is 2.03. The molecule has 0 aliphatic rings. The molecule has 0 aromatic rings. The Kier molecular flexibility index (Phi) is 12.3. The van der Waals surface area contributed by atoms with Gasteiger partial charge >= 0.3 is 11.9 Å². The molecule has 1 atom stereocenters. The number of unbranched alkanes of at least 4 members (excludes halogenated alkanes) is 1. The number of carbonyl (C=O) groups excluding carboxylic acids is 1. The van der Waals surface area contributed by atoms with E-state index >= 15 is 0 Å². The van der Waals surface area contributed by atoms with Gasteiger partial charge in [-0.25, -0.2) is 0 Å². The first-order chi connectivity index (χ1) is 7.86. The van der Waals surface area contributed by atoms with Gasteiger partial charge in [-0.15, -0.1) is 0 Å².